The fraction of sp³-hybridized carbons (Fsp3) is 0.414. The van der Waals surface area contributed by atoms with Gasteiger partial charge in [0.2, 0.25) is 0 Å². The van der Waals surface area contributed by atoms with Crippen LogP contribution in [-0.2, 0) is 17.7 Å². The van der Waals surface area contributed by atoms with Crippen molar-refractivity contribution in [1.82, 2.24) is 14.5 Å². The lowest BCUT2D eigenvalue weighted by Crippen LogP contribution is -2.43. The summed E-state index contributed by atoms with van der Waals surface area (Å²) in [5.41, 5.74) is 2.32. The van der Waals surface area contributed by atoms with Crippen LogP contribution in [0.25, 0.3) is 0 Å². The first-order valence-corrected chi connectivity index (χ1v) is 13.1. The van der Waals surface area contributed by atoms with E-state index in [9.17, 15) is 27.2 Å². The molecule has 5 rings (SSSR count). The lowest BCUT2D eigenvalue weighted by Gasteiger charge is -2.33. The van der Waals surface area contributed by atoms with Gasteiger partial charge in [0.25, 0.3) is 5.56 Å². The molecule has 1 unspecified atom stereocenters. The fourth-order valence-corrected chi connectivity index (χ4v) is 5.58. The standard InChI is InChI=1S/C29H29F4N3O3/c1-18-34-25-17-35(28(38)39-23-13-9-21(10-14-23)29(31,32)33)16-15-24(25)27(37)36(18)26(19-5-3-2-4-6-19)20-7-11-22(30)12-8-20/h2-8,11-12,21,23,26H,9-10,13-17H2,1H3/t21-,23-,26?. The molecule has 206 valence electrons. The van der Waals surface area contributed by atoms with Crippen molar-refractivity contribution in [1.29, 1.82) is 0 Å². The van der Waals surface area contributed by atoms with E-state index < -0.39 is 30.3 Å². The lowest BCUT2D eigenvalue weighted by atomic mass is 9.87. The number of carbonyl (C=O) groups is 1. The Morgan fingerprint density at radius 2 is 1.64 bits per heavy atom. The second kappa shape index (κ2) is 10.8. The van der Waals surface area contributed by atoms with Crippen molar-refractivity contribution in [2.75, 3.05) is 6.54 Å². The first kappa shape index (κ1) is 26.9. The third-order valence-corrected chi connectivity index (χ3v) is 7.67. The average molecular weight is 544 g/mol. The molecule has 2 aromatic carbocycles. The van der Waals surface area contributed by atoms with E-state index in [1.54, 1.807) is 23.6 Å². The van der Waals surface area contributed by atoms with Gasteiger partial charge < -0.3 is 9.64 Å². The van der Waals surface area contributed by atoms with Gasteiger partial charge in [0.15, 0.2) is 0 Å². The molecule has 0 N–H and O–H groups in total. The molecule has 0 spiro atoms. The molecule has 0 saturated heterocycles. The summed E-state index contributed by atoms with van der Waals surface area (Å²) >= 11 is 0. The molecule has 39 heavy (non-hydrogen) atoms. The van der Waals surface area contributed by atoms with E-state index in [1.807, 2.05) is 30.3 Å². The number of hydrogen-bond acceptors (Lipinski definition) is 4. The van der Waals surface area contributed by atoms with E-state index in [0.29, 0.717) is 17.1 Å². The number of aromatic nitrogens is 2. The van der Waals surface area contributed by atoms with E-state index >= 15 is 0 Å². The molecule has 1 aromatic heterocycles. The quantitative estimate of drug-likeness (QED) is 0.382. The van der Waals surface area contributed by atoms with Crippen LogP contribution < -0.4 is 5.56 Å². The number of aryl methyl sites for hydroxylation is 1. The number of ether oxygens (including phenoxy) is 1. The Labute approximate surface area is 223 Å². The van der Waals surface area contributed by atoms with Crippen LogP contribution in [0.15, 0.2) is 59.4 Å². The van der Waals surface area contributed by atoms with Crippen LogP contribution in [0.2, 0.25) is 0 Å². The van der Waals surface area contributed by atoms with E-state index in [-0.39, 0.29) is 56.6 Å². The van der Waals surface area contributed by atoms with Gasteiger partial charge in [-0.2, -0.15) is 13.2 Å². The summed E-state index contributed by atoms with van der Waals surface area (Å²) in [4.78, 5) is 32.8. The smallest absolute Gasteiger partial charge is 0.410 e. The van der Waals surface area contributed by atoms with E-state index in [4.69, 9.17) is 9.72 Å². The molecule has 2 aliphatic rings. The van der Waals surface area contributed by atoms with E-state index in [2.05, 4.69) is 0 Å². The zero-order valence-corrected chi connectivity index (χ0v) is 21.5. The number of fused-ring (bicyclic) bond motifs is 1. The largest absolute Gasteiger partial charge is 0.446 e. The summed E-state index contributed by atoms with van der Waals surface area (Å²) in [6, 6.07) is 14.9. The maximum atomic E-state index is 13.8. The number of rotatable bonds is 4. The van der Waals surface area contributed by atoms with Gasteiger partial charge in [-0.25, -0.2) is 14.2 Å². The number of carbonyl (C=O) groups excluding carboxylic acids is 1. The topological polar surface area (TPSA) is 64.4 Å². The zero-order valence-electron chi connectivity index (χ0n) is 21.5. The van der Waals surface area contributed by atoms with Crippen molar-refractivity contribution in [2.45, 2.75) is 63.9 Å². The van der Waals surface area contributed by atoms with E-state index in [0.717, 1.165) is 11.1 Å². The second-order valence-corrected chi connectivity index (χ2v) is 10.2. The lowest BCUT2D eigenvalue weighted by molar-refractivity contribution is -0.186. The van der Waals surface area contributed by atoms with Gasteiger partial charge in [0, 0.05) is 12.1 Å². The molecular formula is C29H29F4N3O3. The molecule has 6 nitrogen and oxygen atoms in total. The number of halogens is 4. The third kappa shape index (κ3) is 5.69. The van der Waals surface area contributed by atoms with Crippen LogP contribution >= 0.6 is 0 Å². The first-order valence-electron chi connectivity index (χ1n) is 13.1. The van der Waals surface area contributed by atoms with Crippen molar-refractivity contribution >= 4 is 6.09 Å². The summed E-state index contributed by atoms with van der Waals surface area (Å²) in [7, 11) is 0. The van der Waals surface area contributed by atoms with Crippen molar-refractivity contribution in [3.8, 4) is 0 Å². The predicted octanol–water partition coefficient (Wildman–Crippen LogP) is 5.94. The SMILES string of the molecule is Cc1nc2c(c(=O)n1C(c1ccccc1)c1ccc(F)cc1)CCN(C(=O)O[C@H]1CC[C@H](C(F)(F)F)CC1)C2. The molecule has 0 radical (unpaired) electrons. The molecule has 3 aromatic rings. The summed E-state index contributed by atoms with van der Waals surface area (Å²) in [5, 5.41) is 0. The maximum absolute atomic E-state index is 13.8. The first-order chi connectivity index (χ1) is 18.6. The van der Waals surface area contributed by atoms with E-state index in [1.165, 1.54) is 17.0 Å². The van der Waals surface area contributed by atoms with Crippen molar-refractivity contribution in [2.24, 2.45) is 5.92 Å². The van der Waals surface area contributed by atoms with Gasteiger partial charge in [-0.05, 0) is 62.3 Å². The van der Waals surface area contributed by atoms with Crippen LogP contribution in [0, 0.1) is 18.7 Å². The Morgan fingerprint density at radius 3 is 2.28 bits per heavy atom. The molecule has 10 heteroatoms. The number of alkyl halides is 3. The molecule has 1 atom stereocenters. The Kier molecular flexibility index (Phi) is 7.46. The highest BCUT2D eigenvalue weighted by Crippen LogP contribution is 2.38. The normalized spacial score (nSPS) is 20.3. The van der Waals surface area contributed by atoms with Crippen LogP contribution in [0.4, 0.5) is 22.4 Å². The number of nitrogens with zero attached hydrogens (tertiary/aromatic N) is 3. The minimum absolute atomic E-state index is 0.0544. The highest BCUT2D eigenvalue weighted by molar-refractivity contribution is 5.68. The van der Waals surface area contributed by atoms with Crippen LogP contribution in [0.3, 0.4) is 0 Å². The molecule has 0 bridgehead atoms. The second-order valence-electron chi connectivity index (χ2n) is 10.2. The Balaban J connectivity index is 1.37. The Bertz CT molecular complexity index is 1380. The molecule has 1 saturated carbocycles. The van der Waals surface area contributed by atoms with Crippen LogP contribution in [0.5, 0.6) is 0 Å². The van der Waals surface area contributed by atoms with Gasteiger partial charge in [0.1, 0.15) is 17.7 Å². The minimum atomic E-state index is -4.22. The van der Waals surface area contributed by atoms with Crippen LogP contribution in [0.1, 0.15) is 59.9 Å². The molecule has 1 fully saturated rings. The average Bonchev–Trinajstić information content (AvgIpc) is 2.91. The molecule has 1 amide bonds. The zero-order chi connectivity index (χ0) is 27.7. The fourth-order valence-electron chi connectivity index (χ4n) is 5.58. The number of hydrogen-bond donors (Lipinski definition) is 0. The van der Waals surface area contributed by atoms with Gasteiger partial charge in [-0.1, -0.05) is 42.5 Å². The predicted molar refractivity (Wildman–Crippen MR) is 136 cm³/mol. The summed E-state index contributed by atoms with van der Waals surface area (Å²) in [5.74, 6) is -1.28. The number of benzene rings is 2. The van der Waals surface area contributed by atoms with Crippen LogP contribution in [-0.4, -0.2) is 39.4 Å². The Morgan fingerprint density at radius 1 is 1.00 bits per heavy atom. The maximum Gasteiger partial charge on any atom is 0.410 e. The molecule has 1 aliphatic heterocycles. The molecule has 1 aliphatic carbocycles. The van der Waals surface area contributed by atoms with Gasteiger partial charge in [-0.15, -0.1) is 0 Å². The minimum Gasteiger partial charge on any atom is -0.446 e. The monoisotopic (exact) mass is 543 g/mol. The van der Waals surface area contributed by atoms with Crippen molar-refractivity contribution < 1.29 is 27.1 Å². The van der Waals surface area contributed by atoms with Crippen molar-refractivity contribution in [3.05, 3.63) is 99.0 Å². The summed E-state index contributed by atoms with van der Waals surface area (Å²) < 4.78 is 59.7. The van der Waals surface area contributed by atoms with Gasteiger partial charge in [-0.3, -0.25) is 9.36 Å². The van der Waals surface area contributed by atoms with Crippen molar-refractivity contribution in [3.63, 3.8) is 0 Å². The Hall–Kier alpha value is -3.69. The van der Waals surface area contributed by atoms with Gasteiger partial charge in [0.05, 0.1) is 24.2 Å². The number of amides is 1. The molecular weight excluding hydrogens is 514 g/mol. The highest BCUT2D eigenvalue weighted by atomic mass is 19.4. The third-order valence-electron chi connectivity index (χ3n) is 7.67. The molecule has 2 heterocycles. The summed E-state index contributed by atoms with van der Waals surface area (Å²) in [6.45, 7) is 2.03. The summed E-state index contributed by atoms with van der Waals surface area (Å²) in [6.07, 6.45) is -4.88. The highest BCUT2D eigenvalue weighted by Gasteiger charge is 2.42. The van der Waals surface area contributed by atoms with Gasteiger partial charge >= 0.3 is 12.3 Å².